The summed E-state index contributed by atoms with van der Waals surface area (Å²) in [5.41, 5.74) is 2.44. The van der Waals surface area contributed by atoms with Crippen molar-refractivity contribution < 1.29 is 14.6 Å². The lowest BCUT2D eigenvalue weighted by atomic mass is 10.00. The Labute approximate surface area is 130 Å². The van der Waals surface area contributed by atoms with E-state index < -0.39 is 6.10 Å². The third kappa shape index (κ3) is 3.97. The van der Waals surface area contributed by atoms with Gasteiger partial charge in [-0.15, -0.1) is 0 Å². The maximum Gasteiger partial charge on any atom is 0.125 e. The summed E-state index contributed by atoms with van der Waals surface area (Å²) in [6.07, 6.45) is -0.776. The van der Waals surface area contributed by atoms with Crippen molar-refractivity contribution in [1.29, 1.82) is 0 Å². The molecule has 21 heavy (non-hydrogen) atoms. The Balaban J connectivity index is 2.25. The van der Waals surface area contributed by atoms with Gasteiger partial charge in [0, 0.05) is 17.7 Å². The van der Waals surface area contributed by atoms with Gasteiger partial charge in [0.15, 0.2) is 0 Å². The Morgan fingerprint density at radius 2 is 1.90 bits per heavy atom. The zero-order chi connectivity index (χ0) is 15.2. The maximum atomic E-state index is 10.6. The molecule has 0 spiro atoms. The minimum atomic E-state index is -0.776. The van der Waals surface area contributed by atoms with Crippen molar-refractivity contribution in [2.24, 2.45) is 0 Å². The third-order valence-electron chi connectivity index (χ3n) is 3.27. The molecule has 0 saturated carbocycles. The monoisotopic (exact) mass is 306 g/mol. The third-order valence-corrected chi connectivity index (χ3v) is 3.68. The van der Waals surface area contributed by atoms with Crippen LogP contribution in [0.5, 0.6) is 5.75 Å². The van der Waals surface area contributed by atoms with Crippen molar-refractivity contribution in [2.45, 2.75) is 13.0 Å². The van der Waals surface area contributed by atoms with Gasteiger partial charge in [-0.3, -0.25) is 0 Å². The van der Waals surface area contributed by atoms with E-state index in [4.69, 9.17) is 21.1 Å². The number of methoxy groups -OCH3 is 1. The van der Waals surface area contributed by atoms with Crippen molar-refractivity contribution in [1.82, 2.24) is 0 Å². The quantitative estimate of drug-likeness (QED) is 0.826. The molecule has 2 aromatic carbocycles. The SMILES string of the molecule is COCCOc1ccccc1C(O)c1ccc(C)c(Cl)c1. The summed E-state index contributed by atoms with van der Waals surface area (Å²) in [5.74, 6) is 0.652. The molecule has 0 radical (unpaired) electrons. The molecule has 4 heteroatoms. The lowest BCUT2D eigenvalue weighted by Crippen LogP contribution is -2.08. The molecule has 3 nitrogen and oxygen atoms in total. The number of ether oxygens (including phenoxy) is 2. The molecule has 0 saturated heterocycles. The maximum absolute atomic E-state index is 10.6. The van der Waals surface area contributed by atoms with Crippen molar-refractivity contribution in [3.63, 3.8) is 0 Å². The molecule has 0 heterocycles. The second-order valence-corrected chi connectivity index (χ2v) is 5.20. The number of halogens is 1. The summed E-state index contributed by atoms with van der Waals surface area (Å²) in [5, 5.41) is 11.2. The smallest absolute Gasteiger partial charge is 0.125 e. The molecule has 1 atom stereocenters. The second-order valence-electron chi connectivity index (χ2n) is 4.79. The molecule has 1 unspecified atom stereocenters. The van der Waals surface area contributed by atoms with Gasteiger partial charge in [-0.2, -0.15) is 0 Å². The van der Waals surface area contributed by atoms with Crippen LogP contribution in [0.25, 0.3) is 0 Å². The first-order valence-electron chi connectivity index (χ1n) is 6.78. The molecule has 2 aromatic rings. The zero-order valence-electron chi connectivity index (χ0n) is 12.2. The van der Waals surface area contributed by atoms with E-state index in [2.05, 4.69) is 0 Å². The normalized spacial score (nSPS) is 12.2. The predicted molar refractivity (Wildman–Crippen MR) is 84.1 cm³/mol. The number of hydrogen-bond acceptors (Lipinski definition) is 3. The lowest BCUT2D eigenvalue weighted by Gasteiger charge is -2.17. The Bertz CT molecular complexity index is 598. The largest absolute Gasteiger partial charge is 0.491 e. The highest BCUT2D eigenvalue weighted by Crippen LogP contribution is 2.31. The zero-order valence-corrected chi connectivity index (χ0v) is 12.9. The minimum absolute atomic E-state index is 0.439. The molecule has 1 N–H and O–H groups in total. The first-order valence-corrected chi connectivity index (χ1v) is 7.16. The number of aliphatic hydroxyl groups is 1. The summed E-state index contributed by atoms with van der Waals surface area (Å²) in [6, 6.07) is 13.0. The summed E-state index contributed by atoms with van der Waals surface area (Å²) in [4.78, 5) is 0. The van der Waals surface area contributed by atoms with Crippen LogP contribution in [0, 0.1) is 6.92 Å². The van der Waals surface area contributed by atoms with Crippen LogP contribution in [-0.2, 0) is 4.74 Å². The van der Waals surface area contributed by atoms with E-state index in [1.807, 2.05) is 43.3 Å². The van der Waals surface area contributed by atoms with E-state index >= 15 is 0 Å². The average molecular weight is 307 g/mol. The first-order chi connectivity index (χ1) is 10.1. The van der Waals surface area contributed by atoms with E-state index in [0.29, 0.717) is 29.5 Å². The van der Waals surface area contributed by atoms with E-state index in [0.717, 1.165) is 11.1 Å². The van der Waals surface area contributed by atoms with E-state index in [1.165, 1.54) is 0 Å². The molecule has 0 aliphatic carbocycles. The summed E-state index contributed by atoms with van der Waals surface area (Å²) in [6.45, 7) is 2.87. The van der Waals surface area contributed by atoms with Gasteiger partial charge in [0.05, 0.1) is 6.61 Å². The number of rotatable bonds is 6. The summed E-state index contributed by atoms with van der Waals surface area (Å²) < 4.78 is 10.6. The molecule has 0 amide bonds. The number of aliphatic hydroxyl groups excluding tert-OH is 1. The average Bonchev–Trinajstić information content (AvgIpc) is 2.50. The van der Waals surface area contributed by atoms with Crippen LogP contribution in [0.2, 0.25) is 5.02 Å². The fraction of sp³-hybridized carbons (Fsp3) is 0.294. The van der Waals surface area contributed by atoms with Crippen LogP contribution < -0.4 is 4.74 Å². The van der Waals surface area contributed by atoms with Crippen LogP contribution in [0.4, 0.5) is 0 Å². The van der Waals surface area contributed by atoms with Gasteiger partial charge in [-0.1, -0.05) is 41.9 Å². The molecule has 0 aromatic heterocycles. The number of para-hydroxylation sites is 1. The second kappa shape index (κ2) is 7.46. The Morgan fingerprint density at radius 3 is 2.62 bits per heavy atom. The van der Waals surface area contributed by atoms with Crippen molar-refractivity contribution in [2.75, 3.05) is 20.3 Å². The number of benzene rings is 2. The van der Waals surface area contributed by atoms with E-state index in [-0.39, 0.29) is 0 Å². The highest BCUT2D eigenvalue weighted by atomic mass is 35.5. The van der Waals surface area contributed by atoms with Crippen LogP contribution in [0.1, 0.15) is 22.8 Å². The standard InChI is InChI=1S/C17H19ClO3/c1-12-7-8-13(11-15(12)18)17(19)14-5-3-4-6-16(14)21-10-9-20-2/h3-8,11,17,19H,9-10H2,1-2H3. The fourth-order valence-electron chi connectivity index (χ4n) is 2.03. The molecule has 0 fully saturated rings. The molecule has 0 bridgehead atoms. The van der Waals surface area contributed by atoms with Crippen molar-refractivity contribution >= 4 is 11.6 Å². The molecular weight excluding hydrogens is 288 g/mol. The number of aryl methyl sites for hydroxylation is 1. The van der Waals surface area contributed by atoms with Gasteiger partial charge >= 0.3 is 0 Å². The Morgan fingerprint density at radius 1 is 1.14 bits per heavy atom. The molecule has 0 aliphatic heterocycles. The molecule has 112 valence electrons. The van der Waals surface area contributed by atoms with Crippen molar-refractivity contribution in [3.8, 4) is 5.75 Å². The van der Waals surface area contributed by atoms with Gasteiger partial charge in [0.1, 0.15) is 18.5 Å². The topological polar surface area (TPSA) is 38.7 Å². The van der Waals surface area contributed by atoms with Crippen LogP contribution >= 0.6 is 11.6 Å². The van der Waals surface area contributed by atoms with Crippen LogP contribution in [0.15, 0.2) is 42.5 Å². The molecule has 0 aliphatic rings. The summed E-state index contributed by atoms with van der Waals surface area (Å²) >= 11 is 6.13. The van der Waals surface area contributed by atoms with Crippen LogP contribution in [0.3, 0.4) is 0 Å². The Kier molecular flexibility index (Phi) is 5.62. The van der Waals surface area contributed by atoms with Gasteiger partial charge in [-0.25, -0.2) is 0 Å². The highest BCUT2D eigenvalue weighted by molar-refractivity contribution is 6.31. The predicted octanol–water partition coefficient (Wildman–Crippen LogP) is 3.76. The van der Waals surface area contributed by atoms with Gasteiger partial charge in [0.25, 0.3) is 0 Å². The highest BCUT2D eigenvalue weighted by Gasteiger charge is 2.16. The van der Waals surface area contributed by atoms with Crippen molar-refractivity contribution in [3.05, 3.63) is 64.2 Å². The minimum Gasteiger partial charge on any atom is -0.491 e. The molecular formula is C17H19ClO3. The Hall–Kier alpha value is -1.55. The lowest BCUT2D eigenvalue weighted by molar-refractivity contribution is 0.142. The fourth-order valence-corrected chi connectivity index (χ4v) is 2.22. The van der Waals surface area contributed by atoms with Gasteiger partial charge in [0.2, 0.25) is 0 Å². The first kappa shape index (κ1) is 15.8. The van der Waals surface area contributed by atoms with Gasteiger partial charge in [-0.05, 0) is 30.2 Å². The van der Waals surface area contributed by atoms with E-state index in [1.54, 1.807) is 13.2 Å². The van der Waals surface area contributed by atoms with E-state index in [9.17, 15) is 5.11 Å². The number of hydrogen-bond donors (Lipinski definition) is 1. The molecule has 2 rings (SSSR count). The van der Waals surface area contributed by atoms with Gasteiger partial charge < -0.3 is 14.6 Å². The van der Waals surface area contributed by atoms with Crippen LogP contribution in [-0.4, -0.2) is 25.4 Å². The summed E-state index contributed by atoms with van der Waals surface area (Å²) in [7, 11) is 1.62.